The molecule has 1 aromatic carbocycles. The molecule has 1 aliphatic carbocycles. The summed E-state index contributed by atoms with van der Waals surface area (Å²) in [6.45, 7) is 6.64. The molecule has 31 heavy (non-hydrogen) atoms. The quantitative estimate of drug-likeness (QED) is 0.441. The molecule has 3 rings (SSSR count). The van der Waals surface area contributed by atoms with Crippen LogP contribution in [0.5, 0.6) is 0 Å². The van der Waals surface area contributed by atoms with Crippen LogP contribution in [0.25, 0.3) is 0 Å². The highest BCUT2D eigenvalue weighted by atomic mass is 32.2. The third-order valence-electron chi connectivity index (χ3n) is 5.70. The van der Waals surface area contributed by atoms with Crippen LogP contribution in [0.4, 0.5) is 0 Å². The molecular formula is C21H35N3O5S2. The van der Waals surface area contributed by atoms with Crippen LogP contribution in [0.15, 0.2) is 34.1 Å². The molecule has 1 saturated heterocycles. The maximum absolute atomic E-state index is 13.3. The Morgan fingerprint density at radius 2 is 1.61 bits per heavy atom. The molecule has 0 aromatic heterocycles. The number of nitrogens with zero attached hydrogens (tertiary/aromatic N) is 2. The predicted molar refractivity (Wildman–Crippen MR) is 120 cm³/mol. The van der Waals surface area contributed by atoms with Gasteiger partial charge < -0.3 is 4.74 Å². The Kier molecular flexibility index (Phi) is 8.89. The van der Waals surface area contributed by atoms with Crippen LogP contribution in [-0.2, 0) is 24.8 Å². The van der Waals surface area contributed by atoms with Gasteiger partial charge in [-0.2, -0.15) is 4.31 Å². The van der Waals surface area contributed by atoms with E-state index in [0.29, 0.717) is 32.8 Å². The summed E-state index contributed by atoms with van der Waals surface area (Å²) in [5.41, 5.74) is 0. The summed E-state index contributed by atoms with van der Waals surface area (Å²) in [5, 5.41) is 0. The molecule has 0 unspecified atom stereocenters. The Morgan fingerprint density at radius 3 is 2.23 bits per heavy atom. The number of ether oxygens (including phenoxy) is 1. The Morgan fingerprint density at radius 1 is 0.968 bits per heavy atom. The first-order valence-corrected chi connectivity index (χ1v) is 14.2. The van der Waals surface area contributed by atoms with Gasteiger partial charge in [0.2, 0.25) is 20.0 Å². The van der Waals surface area contributed by atoms with Gasteiger partial charge in [-0.25, -0.2) is 21.6 Å². The third-order valence-corrected chi connectivity index (χ3v) is 9.15. The smallest absolute Gasteiger partial charge is 0.243 e. The molecule has 0 bridgehead atoms. The minimum Gasteiger partial charge on any atom is -0.379 e. The van der Waals surface area contributed by atoms with Gasteiger partial charge in [-0.15, -0.1) is 0 Å². The minimum atomic E-state index is -3.70. The SMILES string of the molecule is CCCCCCN(CCN1CCOCC1)S(=O)(=O)c1ccc(S(=O)(=O)NC2CC2)cc1. The standard InChI is InChI=1S/C21H35N3O5S2/c1-2-3-4-5-12-24(14-13-23-15-17-29-18-16-23)31(27,28)21-10-8-20(9-11-21)30(25,26)22-19-6-7-19/h8-11,19,22H,2-7,12-18H2,1H3. The largest absolute Gasteiger partial charge is 0.379 e. The van der Waals surface area contributed by atoms with Crippen LogP contribution < -0.4 is 4.72 Å². The van der Waals surface area contributed by atoms with Crippen LogP contribution in [0.3, 0.4) is 0 Å². The highest BCUT2D eigenvalue weighted by Crippen LogP contribution is 2.24. The molecule has 0 radical (unpaired) electrons. The number of rotatable bonds is 13. The summed E-state index contributed by atoms with van der Waals surface area (Å²) in [7, 11) is -7.30. The molecule has 0 amide bonds. The highest BCUT2D eigenvalue weighted by Gasteiger charge is 2.29. The fourth-order valence-corrected chi connectivity index (χ4v) is 6.35. The average molecular weight is 474 g/mol. The highest BCUT2D eigenvalue weighted by molar-refractivity contribution is 7.89. The molecule has 1 heterocycles. The molecule has 1 N–H and O–H groups in total. The van der Waals surface area contributed by atoms with E-state index >= 15 is 0 Å². The van der Waals surface area contributed by atoms with E-state index < -0.39 is 20.0 Å². The van der Waals surface area contributed by atoms with Gasteiger partial charge in [0.1, 0.15) is 0 Å². The molecule has 2 aliphatic rings. The zero-order valence-corrected chi connectivity index (χ0v) is 20.0. The number of hydrogen-bond acceptors (Lipinski definition) is 6. The van der Waals surface area contributed by atoms with Crippen molar-refractivity contribution in [2.24, 2.45) is 0 Å². The molecule has 1 aromatic rings. The molecule has 2 fully saturated rings. The number of unbranched alkanes of at least 4 members (excludes halogenated alkanes) is 3. The fraction of sp³-hybridized carbons (Fsp3) is 0.714. The number of benzene rings is 1. The third kappa shape index (κ3) is 7.23. The zero-order chi connectivity index (χ0) is 22.3. The van der Waals surface area contributed by atoms with E-state index in [1.54, 1.807) is 4.31 Å². The summed E-state index contributed by atoms with van der Waals surface area (Å²) < 4.78 is 61.0. The van der Waals surface area contributed by atoms with E-state index in [2.05, 4.69) is 16.5 Å². The van der Waals surface area contributed by atoms with Crippen molar-refractivity contribution in [3.63, 3.8) is 0 Å². The van der Waals surface area contributed by atoms with Gasteiger partial charge in [0.15, 0.2) is 0 Å². The molecule has 10 heteroatoms. The zero-order valence-electron chi connectivity index (χ0n) is 18.3. The summed E-state index contributed by atoms with van der Waals surface area (Å²) in [4.78, 5) is 2.45. The number of hydrogen-bond donors (Lipinski definition) is 1. The Bertz CT molecular complexity index is 893. The molecular weight excluding hydrogens is 438 g/mol. The van der Waals surface area contributed by atoms with Crippen molar-refractivity contribution in [3.8, 4) is 0 Å². The first-order valence-electron chi connectivity index (χ1n) is 11.3. The summed E-state index contributed by atoms with van der Waals surface area (Å²) in [6, 6.07) is 5.59. The predicted octanol–water partition coefficient (Wildman–Crippen LogP) is 2.03. The first kappa shape index (κ1) is 24.6. The van der Waals surface area contributed by atoms with E-state index in [0.717, 1.165) is 51.6 Å². The van der Waals surface area contributed by atoms with Crippen molar-refractivity contribution in [1.29, 1.82) is 0 Å². The molecule has 1 aliphatic heterocycles. The maximum Gasteiger partial charge on any atom is 0.243 e. The topological polar surface area (TPSA) is 96.0 Å². The van der Waals surface area contributed by atoms with Crippen LogP contribution in [0, 0.1) is 0 Å². The van der Waals surface area contributed by atoms with Crippen molar-refractivity contribution < 1.29 is 21.6 Å². The van der Waals surface area contributed by atoms with Crippen LogP contribution in [-0.4, -0.2) is 78.0 Å². The second-order valence-corrected chi connectivity index (χ2v) is 11.9. The fourth-order valence-electron chi connectivity index (χ4n) is 3.57. The van der Waals surface area contributed by atoms with E-state index in [1.165, 1.54) is 24.3 Å². The van der Waals surface area contributed by atoms with Gasteiger partial charge >= 0.3 is 0 Å². The number of morpholine rings is 1. The van der Waals surface area contributed by atoms with Crippen molar-refractivity contribution in [3.05, 3.63) is 24.3 Å². The second kappa shape index (κ2) is 11.2. The normalized spacial score (nSPS) is 18.5. The second-order valence-electron chi connectivity index (χ2n) is 8.29. The molecule has 1 saturated carbocycles. The lowest BCUT2D eigenvalue weighted by molar-refractivity contribution is 0.0362. The summed E-state index contributed by atoms with van der Waals surface area (Å²) in [6.07, 6.45) is 5.67. The summed E-state index contributed by atoms with van der Waals surface area (Å²) in [5.74, 6) is 0. The van der Waals surface area contributed by atoms with E-state index in [1.807, 2.05) is 0 Å². The van der Waals surface area contributed by atoms with Crippen LogP contribution in [0.1, 0.15) is 45.4 Å². The summed E-state index contributed by atoms with van der Waals surface area (Å²) >= 11 is 0. The van der Waals surface area contributed by atoms with Gasteiger partial charge in [0.05, 0.1) is 23.0 Å². The van der Waals surface area contributed by atoms with Crippen molar-refractivity contribution in [2.45, 2.75) is 61.3 Å². The average Bonchev–Trinajstić information content (AvgIpc) is 3.57. The number of sulfonamides is 2. The first-order chi connectivity index (χ1) is 14.8. The molecule has 176 valence electrons. The lowest BCUT2D eigenvalue weighted by Crippen LogP contribution is -2.43. The van der Waals surface area contributed by atoms with Crippen molar-refractivity contribution in [1.82, 2.24) is 13.9 Å². The van der Waals surface area contributed by atoms with Gasteiger partial charge in [-0.3, -0.25) is 4.90 Å². The van der Waals surface area contributed by atoms with E-state index in [4.69, 9.17) is 4.74 Å². The van der Waals surface area contributed by atoms with Crippen LogP contribution >= 0.6 is 0 Å². The van der Waals surface area contributed by atoms with Gasteiger partial charge in [0, 0.05) is 38.8 Å². The van der Waals surface area contributed by atoms with Gasteiger partial charge in [-0.05, 0) is 43.5 Å². The Hall–Kier alpha value is -1.04. The van der Waals surface area contributed by atoms with Gasteiger partial charge in [-0.1, -0.05) is 26.2 Å². The van der Waals surface area contributed by atoms with Crippen molar-refractivity contribution in [2.75, 3.05) is 45.9 Å². The van der Waals surface area contributed by atoms with Crippen molar-refractivity contribution >= 4 is 20.0 Å². The molecule has 8 nitrogen and oxygen atoms in total. The van der Waals surface area contributed by atoms with E-state index in [-0.39, 0.29) is 15.8 Å². The lowest BCUT2D eigenvalue weighted by atomic mass is 10.2. The molecule has 0 spiro atoms. The van der Waals surface area contributed by atoms with Gasteiger partial charge in [0.25, 0.3) is 0 Å². The Balaban J connectivity index is 1.70. The number of nitrogens with one attached hydrogen (secondary N) is 1. The van der Waals surface area contributed by atoms with Crippen LogP contribution in [0.2, 0.25) is 0 Å². The molecule has 0 atom stereocenters. The minimum absolute atomic E-state index is 0.00667. The Labute approximate surface area is 187 Å². The van der Waals surface area contributed by atoms with E-state index in [9.17, 15) is 16.8 Å². The lowest BCUT2D eigenvalue weighted by Gasteiger charge is -2.29. The maximum atomic E-state index is 13.3. The monoisotopic (exact) mass is 473 g/mol.